The van der Waals surface area contributed by atoms with Crippen molar-refractivity contribution in [3.05, 3.63) is 16.1 Å². The Morgan fingerprint density at radius 1 is 1.67 bits per heavy atom. The smallest absolute Gasteiger partial charge is 0.237 e. The van der Waals surface area contributed by atoms with Gasteiger partial charge in [0.15, 0.2) is 0 Å². The summed E-state index contributed by atoms with van der Waals surface area (Å²) < 4.78 is 0. The summed E-state index contributed by atoms with van der Waals surface area (Å²) in [5, 5.41) is 5.88. The maximum Gasteiger partial charge on any atom is 0.237 e. The van der Waals surface area contributed by atoms with Crippen LogP contribution in [0.4, 0.5) is 0 Å². The zero-order valence-electron chi connectivity index (χ0n) is 9.28. The molecule has 0 fully saturated rings. The molecule has 3 N–H and O–H groups in total. The van der Waals surface area contributed by atoms with Crippen molar-refractivity contribution in [2.45, 2.75) is 39.3 Å². The number of amides is 1. The third kappa shape index (κ3) is 3.28. The highest BCUT2D eigenvalue weighted by Crippen LogP contribution is 2.16. The molecule has 2 unspecified atom stereocenters. The van der Waals surface area contributed by atoms with E-state index in [9.17, 15) is 4.79 Å². The fraction of sp³-hybridized carbons (Fsp3) is 0.600. The van der Waals surface area contributed by atoms with E-state index in [2.05, 4.69) is 17.2 Å². The van der Waals surface area contributed by atoms with Gasteiger partial charge in [-0.15, -0.1) is 11.3 Å². The number of nitrogens with zero attached hydrogens (tertiary/aromatic N) is 1. The summed E-state index contributed by atoms with van der Waals surface area (Å²) in [6.07, 6.45) is 0.929. The van der Waals surface area contributed by atoms with Crippen LogP contribution in [0.2, 0.25) is 0 Å². The number of carbonyl (C=O) groups is 1. The lowest BCUT2D eigenvalue weighted by molar-refractivity contribution is -0.122. The van der Waals surface area contributed by atoms with Crippen molar-refractivity contribution < 1.29 is 4.79 Å². The van der Waals surface area contributed by atoms with Crippen LogP contribution in [0.1, 0.15) is 37.5 Å². The standard InChI is InChI=1S/C10H17N3OS/c1-4-9-13-8(5-15-9)7(3)12-10(14)6(2)11/h5-7H,4,11H2,1-3H3,(H,12,14). The van der Waals surface area contributed by atoms with Crippen molar-refractivity contribution in [1.29, 1.82) is 0 Å². The largest absolute Gasteiger partial charge is 0.347 e. The van der Waals surface area contributed by atoms with Gasteiger partial charge in [0.2, 0.25) is 5.91 Å². The normalized spacial score (nSPS) is 14.7. The number of aryl methyl sites for hydroxylation is 1. The van der Waals surface area contributed by atoms with Gasteiger partial charge in [-0.05, 0) is 20.3 Å². The van der Waals surface area contributed by atoms with Crippen LogP contribution in [0.5, 0.6) is 0 Å². The monoisotopic (exact) mass is 227 g/mol. The molecule has 0 aliphatic heterocycles. The number of nitrogens with one attached hydrogen (secondary N) is 1. The van der Waals surface area contributed by atoms with E-state index in [1.165, 1.54) is 0 Å². The van der Waals surface area contributed by atoms with Gasteiger partial charge in [0.1, 0.15) is 0 Å². The van der Waals surface area contributed by atoms with Crippen molar-refractivity contribution in [3.8, 4) is 0 Å². The summed E-state index contributed by atoms with van der Waals surface area (Å²) in [6, 6.07) is -0.545. The number of hydrogen-bond acceptors (Lipinski definition) is 4. The molecule has 0 bridgehead atoms. The Kier molecular flexibility index (Phi) is 4.23. The molecule has 15 heavy (non-hydrogen) atoms. The zero-order valence-corrected chi connectivity index (χ0v) is 10.1. The second-order valence-corrected chi connectivity index (χ2v) is 4.48. The fourth-order valence-corrected chi connectivity index (χ4v) is 1.94. The van der Waals surface area contributed by atoms with E-state index in [4.69, 9.17) is 5.73 Å². The topological polar surface area (TPSA) is 68.0 Å². The predicted octanol–water partition coefficient (Wildman–Crippen LogP) is 1.23. The molecule has 1 aromatic rings. The molecule has 5 heteroatoms. The van der Waals surface area contributed by atoms with Crippen LogP contribution in [-0.2, 0) is 11.2 Å². The summed E-state index contributed by atoms with van der Waals surface area (Å²) in [4.78, 5) is 15.7. The molecule has 2 atom stereocenters. The van der Waals surface area contributed by atoms with Gasteiger partial charge in [0.25, 0.3) is 0 Å². The molecule has 1 amide bonds. The summed E-state index contributed by atoms with van der Waals surface area (Å²) in [7, 11) is 0. The van der Waals surface area contributed by atoms with Gasteiger partial charge < -0.3 is 11.1 Å². The molecule has 0 saturated carbocycles. The quantitative estimate of drug-likeness (QED) is 0.813. The predicted molar refractivity (Wildman–Crippen MR) is 61.7 cm³/mol. The minimum Gasteiger partial charge on any atom is -0.347 e. The van der Waals surface area contributed by atoms with Crippen molar-refractivity contribution in [1.82, 2.24) is 10.3 Å². The highest BCUT2D eigenvalue weighted by atomic mass is 32.1. The fourth-order valence-electron chi connectivity index (χ4n) is 1.11. The molecule has 1 heterocycles. The molecule has 0 saturated heterocycles. The lowest BCUT2D eigenvalue weighted by atomic mass is 10.2. The van der Waals surface area contributed by atoms with Crippen molar-refractivity contribution in [2.75, 3.05) is 0 Å². The summed E-state index contributed by atoms with van der Waals surface area (Å²) in [5.74, 6) is -0.145. The third-order valence-corrected chi connectivity index (χ3v) is 3.10. The number of carbonyl (C=O) groups excluding carboxylic acids is 1. The Bertz CT molecular complexity index is 335. The number of rotatable bonds is 4. The van der Waals surface area contributed by atoms with Gasteiger partial charge in [-0.3, -0.25) is 4.79 Å². The van der Waals surface area contributed by atoms with E-state index < -0.39 is 6.04 Å². The van der Waals surface area contributed by atoms with Crippen LogP contribution in [0.25, 0.3) is 0 Å². The van der Waals surface area contributed by atoms with E-state index in [1.807, 2.05) is 12.3 Å². The highest BCUT2D eigenvalue weighted by Gasteiger charge is 2.14. The molecule has 0 spiro atoms. The first kappa shape index (κ1) is 12.1. The number of hydrogen-bond donors (Lipinski definition) is 2. The van der Waals surface area contributed by atoms with E-state index in [0.29, 0.717) is 0 Å². The van der Waals surface area contributed by atoms with Gasteiger partial charge in [-0.25, -0.2) is 4.98 Å². The van der Waals surface area contributed by atoms with Gasteiger partial charge in [0.05, 0.1) is 22.8 Å². The number of aromatic nitrogens is 1. The molecule has 0 aliphatic rings. The van der Waals surface area contributed by atoms with Crippen LogP contribution >= 0.6 is 11.3 Å². The maximum atomic E-state index is 11.3. The van der Waals surface area contributed by atoms with Crippen molar-refractivity contribution in [3.63, 3.8) is 0 Å². The maximum absolute atomic E-state index is 11.3. The Hall–Kier alpha value is -0.940. The first-order valence-corrected chi connectivity index (χ1v) is 5.92. The van der Waals surface area contributed by atoms with Crippen molar-refractivity contribution in [2.24, 2.45) is 5.73 Å². The highest BCUT2D eigenvalue weighted by molar-refractivity contribution is 7.09. The third-order valence-electron chi connectivity index (χ3n) is 2.09. The molecule has 0 radical (unpaired) electrons. The summed E-state index contributed by atoms with van der Waals surface area (Å²) in [6.45, 7) is 5.64. The number of thiazole rings is 1. The second kappa shape index (κ2) is 5.23. The van der Waals surface area contributed by atoms with Gasteiger partial charge >= 0.3 is 0 Å². The van der Waals surface area contributed by atoms with Gasteiger partial charge in [0, 0.05) is 5.38 Å². The molecule has 1 aromatic heterocycles. The molecule has 84 valence electrons. The van der Waals surface area contributed by atoms with Gasteiger partial charge in [-0.1, -0.05) is 6.92 Å². The van der Waals surface area contributed by atoms with Crippen LogP contribution in [0, 0.1) is 0 Å². The van der Waals surface area contributed by atoms with E-state index in [-0.39, 0.29) is 11.9 Å². The molecule has 4 nitrogen and oxygen atoms in total. The molecule has 0 aromatic carbocycles. The van der Waals surface area contributed by atoms with E-state index >= 15 is 0 Å². The second-order valence-electron chi connectivity index (χ2n) is 3.54. The molecule has 1 rings (SSSR count). The first-order valence-electron chi connectivity index (χ1n) is 5.04. The van der Waals surface area contributed by atoms with E-state index in [0.717, 1.165) is 17.1 Å². The van der Waals surface area contributed by atoms with Crippen LogP contribution in [0.15, 0.2) is 5.38 Å². The lowest BCUT2D eigenvalue weighted by Crippen LogP contribution is -2.39. The Morgan fingerprint density at radius 3 is 2.80 bits per heavy atom. The van der Waals surface area contributed by atoms with Crippen LogP contribution in [0.3, 0.4) is 0 Å². The average molecular weight is 227 g/mol. The molecule has 0 aliphatic carbocycles. The number of nitrogens with two attached hydrogens (primary N) is 1. The van der Waals surface area contributed by atoms with E-state index in [1.54, 1.807) is 18.3 Å². The minimum absolute atomic E-state index is 0.0694. The Balaban J connectivity index is 2.60. The molecular formula is C10H17N3OS. The van der Waals surface area contributed by atoms with Gasteiger partial charge in [-0.2, -0.15) is 0 Å². The van der Waals surface area contributed by atoms with Crippen LogP contribution in [-0.4, -0.2) is 16.9 Å². The van der Waals surface area contributed by atoms with Crippen LogP contribution < -0.4 is 11.1 Å². The SMILES string of the molecule is CCc1nc(C(C)NC(=O)C(C)N)cs1. The Labute approximate surface area is 93.9 Å². The zero-order chi connectivity index (χ0) is 11.4. The minimum atomic E-state index is -0.475. The summed E-state index contributed by atoms with van der Waals surface area (Å²) >= 11 is 1.62. The summed E-state index contributed by atoms with van der Waals surface area (Å²) in [5.41, 5.74) is 6.37. The lowest BCUT2D eigenvalue weighted by Gasteiger charge is -2.13. The first-order chi connectivity index (χ1) is 7.04. The molecular weight excluding hydrogens is 210 g/mol. The Morgan fingerprint density at radius 2 is 2.33 bits per heavy atom. The average Bonchev–Trinajstić information content (AvgIpc) is 2.65. The van der Waals surface area contributed by atoms with Crippen molar-refractivity contribution >= 4 is 17.2 Å².